The van der Waals surface area contributed by atoms with E-state index < -0.39 is 5.54 Å². The summed E-state index contributed by atoms with van der Waals surface area (Å²) in [5, 5.41) is 0.657. The van der Waals surface area contributed by atoms with E-state index in [-0.39, 0.29) is 23.9 Å². The molecule has 3 aliphatic rings. The fraction of sp³-hybridized carbons (Fsp3) is 0.435. The van der Waals surface area contributed by atoms with E-state index in [0.717, 1.165) is 24.2 Å². The molecule has 30 heavy (non-hydrogen) atoms. The number of benzene rings is 1. The van der Waals surface area contributed by atoms with Crippen molar-refractivity contribution in [1.82, 2.24) is 14.8 Å². The molecule has 0 N–H and O–H groups in total. The van der Waals surface area contributed by atoms with Gasteiger partial charge in [0.25, 0.3) is 5.91 Å². The standard InChI is InChI=1S/C23H25ClN4O2/c1-22(9-10-22)28-15-20(29)27(14-17-5-7-18(24)8-6-17)23(21(28)30)11-13-26(16-23)19-4-2-3-12-25-19/h2-8,12H,9-11,13-16H2,1H3. The van der Waals surface area contributed by atoms with Crippen LogP contribution in [0.3, 0.4) is 0 Å². The fourth-order valence-electron chi connectivity index (χ4n) is 4.72. The van der Waals surface area contributed by atoms with Gasteiger partial charge in [0.05, 0.1) is 6.54 Å². The van der Waals surface area contributed by atoms with Crippen molar-refractivity contribution in [3.05, 3.63) is 59.2 Å². The van der Waals surface area contributed by atoms with E-state index in [1.54, 1.807) is 6.20 Å². The van der Waals surface area contributed by atoms with Gasteiger partial charge in [-0.1, -0.05) is 29.8 Å². The summed E-state index contributed by atoms with van der Waals surface area (Å²) in [6, 6.07) is 13.3. The molecule has 156 valence electrons. The Morgan fingerprint density at radius 2 is 1.83 bits per heavy atom. The molecule has 6 nitrogen and oxygen atoms in total. The number of hydrogen-bond donors (Lipinski definition) is 0. The Bertz CT molecular complexity index is 976. The number of anilines is 1. The van der Waals surface area contributed by atoms with E-state index in [4.69, 9.17) is 11.6 Å². The van der Waals surface area contributed by atoms with Crippen LogP contribution in [0.15, 0.2) is 48.7 Å². The highest BCUT2D eigenvalue weighted by atomic mass is 35.5. The predicted molar refractivity (Wildman–Crippen MR) is 115 cm³/mol. The first kappa shape index (κ1) is 19.4. The van der Waals surface area contributed by atoms with Crippen molar-refractivity contribution in [3.63, 3.8) is 0 Å². The zero-order valence-corrected chi connectivity index (χ0v) is 17.8. The lowest BCUT2D eigenvalue weighted by Gasteiger charge is -2.49. The molecular weight excluding hydrogens is 400 g/mol. The molecule has 1 atom stereocenters. The third kappa shape index (κ3) is 3.14. The van der Waals surface area contributed by atoms with Crippen molar-refractivity contribution in [2.75, 3.05) is 24.5 Å². The van der Waals surface area contributed by atoms with Crippen LogP contribution in [0, 0.1) is 0 Å². The van der Waals surface area contributed by atoms with Gasteiger partial charge >= 0.3 is 0 Å². The van der Waals surface area contributed by atoms with Gasteiger partial charge in [-0.3, -0.25) is 9.59 Å². The summed E-state index contributed by atoms with van der Waals surface area (Å²) in [5.74, 6) is 0.936. The largest absolute Gasteiger partial charge is 0.354 e. The fourth-order valence-corrected chi connectivity index (χ4v) is 4.85. The minimum atomic E-state index is -0.863. The highest BCUT2D eigenvalue weighted by Gasteiger charge is 2.60. The Morgan fingerprint density at radius 3 is 2.50 bits per heavy atom. The molecule has 2 aromatic rings. The molecule has 5 rings (SSSR count). The number of carbonyl (C=O) groups excluding carboxylic acids is 2. The highest BCUT2D eigenvalue weighted by molar-refractivity contribution is 6.30. The van der Waals surface area contributed by atoms with Gasteiger partial charge in [-0.2, -0.15) is 0 Å². The number of carbonyl (C=O) groups is 2. The first-order valence-corrected chi connectivity index (χ1v) is 10.8. The number of hydrogen-bond acceptors (Lipinski definition) is 4. The molecule has 1 unspecified atom stereocenters. The van der Waals surface area contributed by atoms with Crippen molar-refractivity contribution in [2.24, 2.45) is 0 Å². The Hall–Kier alpha value is -2.60. The quantitative estimate of drug-likeness (QED) is 0.756. The molecule has 2 aliphatic heterocycles. The smallest absolute Gasteiger partial charge is 0.251 e. The maximum absolute atomic E-state index is 13.9. The van der Waals surface area contributed by atoms with Crippen molar-refractivity contribution in [2.45, 2.75) is 43.8 Å². The lowest BCUT2D eigenvalue weighted by Crippen LogP contribution is -2.70. The Balaban J connectivity index is 1.50. The third-order valence-electron chi connectivity index (χ3n) is 6.85. The topological polar surface area (TPSA) is 56.8 Å². The van der Waals surface area contributed by atoms with Gasteiger partial charge < -0.3 is 14.7 Å². The monoisotopic (exact) mass is 424 g/mol. The summed E-state index contributed by atoms with van der Waals surface area (Å²) < 4.78 is 0. The van der Waals surface area contributed by atoms with Crippen LogP contribution in [0.2, 0.25) is 5.02 Å². The number of halogens is 1. The Kier molecular flexibility index (Phi) is 4.51. The number of pyridine rings is 1. The van der Waals surface area contributed by atoms with Crippen molar-refractivity contribution in [1.29, 1.82) is 0 Å². The minimum Gasteiger partial charge on any atom is -0.354 e. The lowest BCUT2D eigenvalue weighted by atomic mass is 9.89. The van der Waals surface area contributed by atoms with Crippen LogP contribution in [-0.4, -0.2) is 57.3 Å². The van der Waals surface area contributed by atoms with E-state index >= 15 is 0 Å². The van der Waals surface area contributed by atoms with E-state index in [1.807, 2.05) is 52.3 Å². The normalized spacial score (nSPS) is 25.3. The van der Waals surface area contributed by atoms with Gasteiger partial charge in [-0.05, 0) is 56.0 Å². The highest BCUT2D eigenvalue weighted by Crippen LogP contribution is 2.46. The molecule has 1 aromatic heterocycles. The number of amides is 2. The predicted octanol–water partition coefficient (Wildman–Crippen LogP) is 3.11. The van der Waals surface area contributed by atoms with Gasteiger partial charge in [0.2, 0.25) is 5.91 Å². The van der Waals surface area contributed by atoms with E-state index in [0.29, 0.717) is 31.1 Å². The summed E-state index contributed by atoms with van der Waals surface area (Å²) in [6.45, 7) is 3.81. The summed E-state index contributed by atoms with van der Waals surface area (Å²) in [4.78, 5) is 37.5. The summed E-state index contributed by atoms with van der Waals surface area (Å²) >= 11 is 6.04. The molecule has 0 bridgehead atoms. The van der Waals surface area contributed by atoms with Crippen LogP contribution in [0.4, 0.5) is 5.82 Å². The number of nitrogens with zero attached hydrogens (tertiary/aromatic N) is 4. The number of piperazine rings is 1. The molecule has 2 amide bonds. The Labute approximate surface area is 181 Å². The Morgan fingerprint density at radius 1 is 1.07 bits per heavy atom. The van der Waals surface area contributed by atoms with Gasteiger partial charge in [-0.15, -0.1) is 0 Å². The van der Waals surface area contributed by atoms with Crippen molar-refractivity contribution >= 4 is 29.2 Å². The molecule has 1 aromatic carbocycles. The molecule has 7 heteroatoms. The molecule has 3 fully saturated rings. The summed E-state index contributed by atoms with van der Waals surface area (Å²) in [5.41, 5.74) is -0.0647. The third-order valence-corrected chi connectivity index (χ3v) is 7.11. The molecule has 2 saturated heterocycles. The minimum absolute atomic E-state index is 0.0144. The maximum atomic E-state index is 13.9. The van der Waals surface area contributed by atoms with Crippen LogP contribution >= 0.6 is 11.6 Å². The molecule has 1 saturated carbocycles. The van der Waals surface area contributed by atoms with E-state index in [9.17, 15) is 9.59 Å². The van der Waals surface area contributed by atoms with Crippen LogP contribution < -0.4 is 4.90 Å². The maximum Gasteiger partial charge on any atom is 0.251 e. The van der Waals surface area contributed by atoms with Crippen LogP contribution in [-0.2, 0) is 16.1 Å². The molecule has 3 heterocycles. The zero-order chi connectivity index (χ0) is 20.9. The van der Waals surface area contributed by atoms with Crippen LogP contribution in [0.25, 0.3) is 0 Å². The second-order valence-corrected chi connectivity index (χ2v) is 9.32. The van der Waals surface area contributed by atoms with Gasteiger partial charge in [-0.25, -0.2) is 4.98 Å². The van der Waals surface area contributed by atoms with Crippen LogP contribution in [0.5, 0.6) is 0 Å². The average Bonchev–Trinajstić information content (AvgIpc) is 3.34. The molecular formula is C23H25ClN4O2. The van der Waals surface area contributed by atoms with E-state index in [2.05, 4.69) is 16.8 Å². The molecule has 1 spiro atoms. The summed E-state index contributed by atoms with van der Waals surface area (Å²) in [7, 11) is 0. The SMILES string of the molecule is CC1(N2CC(=O)N(Cc3ccc(Cl)cc3)C3(CCN(c4ccccn4)C3)C2=O)CC1. The van der Waals surface area contributed by atoms with Crippen molar-refractivity contribution in [3.8, 4) is 0 Å². The summed E-state index contributed by atoms with van der Waals surface area (Å²) in [6.07, 6.45) is 4.29. The number of aromatic nitrogens is 1. The van der Waals surface area contributed by atoms with Gasteiger partial charge in [0, 0.05) is 29.8 Å². The molecule has 0 radical (unpaired) electrons. The van der Waals surface area contributed by atoms with Gasteiger partial charge in [0.1, 0.15) is 17.9 Å². The lowest BCUT2D eigenvalue weighted by molar-refractivity contribution is -0.167. The van der Waals surface area contributed by atoms with Gasteiger partial charge in [0.15, 0.2) is 0 Å². The first-order valence-electron chi connectivity index (χ1n) is 10.4. The first-order chi connectivity index (χ1) is 14.4. The van der Waals surface area contributed by atoms with Crippen molar-refractivity contribution < 1.29 is 9.59 Å². The second-order valence-electron chi connectivity index (χ2n) is 8.89. The van der Waals surface area contributed by atoms with Crippen LogP contribution in [0.1, 0.15) is 31.7 Å². The zero-order valence-electron chi connectivity index (χ0n) is 17.1. The second kappa shape index (κ2) is 6.98. The number of rotatable bonds is 4. The average molecular weight is 425 g/mol. The molecule has 1 aliphatic carbocycles. The van der Waals surface area contributed by atoms with E-state index in [1.165, 1.54) is 0 Å².